The van der Waals surface area contributed by atoms with E-state index in [-0.39, 0.29) is 24.4 Å². The van der Waals surface area contributed by atoms with Gasteiger partial charge in [0.25, 0.3) is 0 Å². The topological polar surface area (TPSA) is 62.9 Å². The van der Waals surface area contributed by atoms with Crippen molar-refractivity contribution in [3.63, 3.8) is 0 Å². The summed E-state index contributed by atoms with van der Waals surface area (Å²) >= 11 is 0. The van der Waals surface area contributed by atoms with Gasteiger partial charge in [-0.25, -0.2) is 0 Å². The zero-order chi connectivity index (χ0) is 13.2. The number of methoxy groups -OCH3 is 1. The Hall–Kier alpha value is -1.14. The van der Waals surface area contributed by atoms with Crippen LogP contribution in [-0.2, 0) is 20.8 Å². The number of rotatable bonds is 4. The minimum absolute atomic E-state index is 0.0182. The first-order valence-electron chi connectivity index (χ1n) is 6.51. The molecule has 0 bridgehead atoms. The maximum Gasteiger partial charge on any atom is 0.119 e. The number of hydrogen-bond donors (Lipinski definition) is 1. The van der Waals surface area contributed by atoms with Crippen LogP contribution in [0.1, 0.15) is 5.56 Å². The molecule has 19 heavy (non-hydrogen) atoms. The summed E-state index contributed by atoms with van der Waals surface area (Å²) < 4.78 is 22.3. The SMILES string of the molecule is COc1cccc(CO[C@H]2CO[C@H]3[C@H]2OC[C@@H]3N)c1. The highest BCUT2D eigenvalue weighted by atomic mass is 16.6. The quantitative estimate of drug-likeness (QED) is 0.868. The lowest BCUT2D eigenvalue weighted by Crippen LogP contribution is -2.37. The summed E-state index contributed by atoms with van der Waals surface area (Å²) in [5.74, 6) is 0.834. The normalized spacial score (nSPS) is 33.4. The van der Waals surface area contributed by atoms with Crippen molar-refractivity contribution < 1.29 is 18.9 Å². The Kier molecular flexibility index (Phi) is 3.70. The molecule has 2 aliphatic heterocycles. The molecule has 5 heteroatoms. The number of nitrogens with two attached hydrogens (primary N) is 1. The third kappa shape index (κ3) is 2.60. The van der Waals surface area contributed by atoms with Crippen LogP contribution in [0.3, 0.4) is 0 Å². The number of hydrogen-bond acceptors (Lipinski definition) is 5. The second-order valence-corrected chi connectivity index (χ2v) is 4.96. The molecule has 0 aliphatic carbocycles. The number of fused-ring (bicyclic) bond motifs is 1. The van der Waals surface area contributed by atoms with Crippen molar-refractivity contribution in [3.8, 4) is 5.75 Å². The van der Waals surface area contributed by atoms with Gasteiger partial charge < -0.3 is 24.7 Å². The van der Waals surface area contributed by atoms with Gasteiger partial charge in [0, 0.05) is 0 Å². The standard InChI is InChI=1S/C14H19NO4/c1-16-10-4-2-3-9(5-10)6-17-12-8-19-13-11(15)7-18-14(12)13/h2-5,11-14H,6-8,15H2,1H3/t11-,12-,13+,14-/m0/s1. The molecule has 0 saturated carbocycles. The van der Waals surface area contributed by atoms with Crippen LogP contribution in [0.15, 0.2) is 24.3 Å². The molecule has 2 fully saturated rings. The lowest BCUT2D eigenvalue weighted by Gasteiger charge is -2.17. The summed E-state index contributed by atoms with van der Waals surface area (Å²) in [4.78, 5) is 0. The van der Waals surface area contributed by atoms with Crippen LogP contribution >= 0.6 is 0 Å². The molecule has 1 aromatic rings. The van der Waals surface area contributed by atoms with Gasteiger partial charge in [-0.1, -0.05) is 12.1 Å². The van der Waals surface area contributed by atoms with Crippen LogP contribution in [-0.4, -0.2) is 44.7 Å². The van der Waals surface area contributed by atoms with Gasteiger partial charge in [0.2, 0.25) is 0 Å². The molecule has 0 aromatic heterocycles. The van der Waals surface area contributed by atoms with Crippen molar-refractivity contribution in [2.75, 3.05) is 20.3 Å². The Balaban J connectivity index is 1.58. The Labute approximate surface area is 112 Å². The van der Waals surface area contributed by atoms with Gasteiger partial charge in [0.15, 0.2) is 0 Å². The van der Waals surface area contributed by atoms with E-state index in [2.05, 4.69) is 0 Å². The van der Waals surface area contributed by atoms with Crippen LogP contribution in [0.2, 0.25) is 0 Å². The van der Waals surface area contributed by atoms with Crippen LogP contribution in [0.4, 0.5) is 0 Å². The van der Waals surface area contributed by atoms with Crippen molar-refractivity contribution in [2.45, 2.75) is 31.0 Å². The van der Waals surface area contributed by atoms with E-state index in [4.69, 9.17) is 24.7 Å². The molecule has 0 radical (unpaired) electrons. The summed E-state index contributed by atoms with van der Waals surface area (Å²) in [5, 5.41) is 0. The summed E-state index contributed by atoms with van der Waals surface area (Å²) in [6.45, 7) is 1.62. The molecule has 2 aliphatic rings. The Bertz CT molecular complexity index is 439. The average molecular weight is 265 g/mol. The van der Waals surface area contributed by atoms with Crippen molar-refractivity contribution in [3.05, 3.63) is 29.8 Å². The van der Waals surface area contributed by atoms with Crippen molar-refractivity contribution in [2.24, 2.45) is 5.73 Å². The van der Waals surface area contributed by atoms with Gasteiger partial charge in [-0.15, -0.1) is 0 Å². The molecular weight excluding hydrogens is 246 g/mol. The summed E-state index contributed by atoms with van der Waals surface area (Å²) in [7, 11) is 1.66. The van der Waals surface area contributed by atoms with Gasteiger partial charge in [-0.2, -0.15) is 0 Å². The first kappa shape index (κ1) is 12.9. The van der Waals surface area contributed by atoms with Crippen LogP contribution in [0, 0.1) is 0 Å². The molecule has 0 unspecified atom stereocenters. The van der Waals surface area contributed by atoms with Crippen LogP contribution in [0.25, 0.3) is 0 Å². The van der Waals surface area contributed by atoms with E-state index in [0.717, 1.165) is 11.3 Å². The van der Waals surface area contributed by atoms with Gasteiger partial charge >= 0.3 is 0 Å². The largest absolute Gasteiger partial charge is 0.497 e. The van der Waals surface area contributed by atoms with E-state index >= 15 is 0 Å². The fourth-order valence-corrected chi connectivity index (χ4v) is 2.60. The first-order chi connectivity index (χ1) is 9.28. The molecule has 4 atom stereocenters. The lowest BCUT2D eigenvalue weighted by molar-refractivity contribution is -0.0390. The Morgan fingerprint density at radius 2 is 2.11 bits per heavy atom. The molecule has 2 heterocycles. The van der Waals surface area contributed by atoms with Crippen LogP contribution < -0.4 is 10.5 Å². The molecular formula is C14H19NO4. The van der Waals surface area contributed by atoms with Crippen molar-refractivity contribution >= 4 is 0 Å². The first-order valence-corrected chi connectivity index (χ1v) is 6.51. The van der Waals surface area contributed by atoms with Crippen LogP contribution in [0.5, 0.6) is 5.75 Å². The fourth-order valence-electron chi connectivity index (χ4n) is 2.60. The lowest BCUT2D eigenvalue weighted by atomic mass is 10.1. The molecule has 2 N–H and O–H groups in total. The molecule has 0 amide bonds. The maximum atomic E-state index is 5.91. The van der Waals surface area contributed by atoms with E-state index in [1.807, 2.05) is 24.3 Å². The van der Waals surface area contributed by atoms with E-state index in [1.165, 1.54) is 0 Å². The molecule has 5 nitrogen and oxygen atoms in total. The molecule has 104 valence electrons. The zero-order valence-electron chi connectivity index (χ0n) is 11.0. The molecule has 2 saturated heterocycles. The predicted molar refractivity (Wildman–Crippen MR) is 69.0 cm³/mol. The second kappa shape index (κ2) is 5.46. The molecule has 0 spiro atoms. The second-order valence-electron chi connectivity index (χ2n) is 4.96. The van der Waals surface area contributed by atoms with Gasteiger partial charge in [-0.3, -0.25) is 0 Å². The highest BCUT2D eigenvalue weighted by molar-refractivity contribution is 5.27. The molecule has 1 aromatic carbocycles. The minimum atomic E-state index is -0.0373. The fraction of sp³-hybridized carbons (Fsp3) is 0.571. The zero-order valence-corrected chi connectivity index (χ0v) is 11.0. The van der Waals surface area contributed by atoms with E-state index in [1.54, 1.807) is 7.11 Å². The van der Waals surface area contributed by atoms with E-state index in [0.29, 0.717) is 19.8 Å². The monoisotopic (exact) mass is 265 g/mol. The van der Waals surface area contributed by atoms with E-state index in [9.17, 15) is 0 Å². The third-order valence-corrected chi connectivity index (χ3v) is 3.64. The third-order valence-electron chi connectivity index (χ3n) is 3.64. The van der Waals surface area contributed by atoms with Gasteiger partial charge in [0.1, 0.15) is 24.1 Å². The Morgan fingerprint density at radius 1 is 1.26 bits per heavy atom. The van der Waals surface area contributed by atoms with E-state index < -0.39 is 0 Å². The van der Waals surface area contributed by atoms with Crippen molar-refractivity contribution in [1.29, 1.82) is 0 Å². The maximum absolute atomic E-state index is 5.91. The van der Waals surface area contributed by atoms with Gasteiger partial charge in [-0.05, 0) is 17.7 Å². The summed E-state index contributed by atoms with van der Waals surface area (Å²) in [5.41, 5.74) is 6.98. The predicted octanol–water partition coefficient (Wildman–Crippen LogP) is 0.705. The number of ether oxygens (including phenoxy) is 4. The average Bonchev–Trinajstić information content (AvgIpc) is 3.00. The summed E-state index contributed by atoms with van der Waals surface area (Å²) in [6, 6.07) is 7.81. The minimum Gasteiger partial charge on any atom is -0.497 e. The molecule has 3 rings (SSSR count). The highest BCUT2D eigenvalue weighted by Gasteiger charge is 2.46. The number of benzene rings is 1. The summed E-state index contributed by atoms with van der Waals surface area (Å²) in [6.07, 6.45) is -0.0827. The highest BCUT2D eigenvalue weighted by Crippen LogP contribution is 2.28. The van der Waals surface area contributed by atoms with Crippen molar-refractivity contribution in [1.82, 2.24) is 0 Å². The Morgan fingerprint density at radius 3 is 2.95 bits per heavy atom. The van der Waals surface area contributed by atoms with Gasteiger partial charge in [0.05, 0.1) is 33.0 Å². The smallest absolute Gasteiger partial charge is 0.119 e.